The van der Waals surface area contributed by atoms with Crippen molar-refractivity contribution in [1.29, 1.82) is 0 Å². The lowest BCUT2D eigenvalue weighted by atomic mass is 10.0. The average molecular weight is 331 g/mol. The fourth-order valence-electron chi connectivity index (χ4n) is 3.09. The van der Waals surface area contributed by atoms with Crippen LogP contribution in [0.5, 0.6) is 0 Å². The molecule has 1 aliphatic carbocycles. The third-order valence-electron chi connectivity index (χ3n) is 4.39. The minimum atomic E-state index is -0.512. The van der Waals surface area contributed by atoms with Gasteiger partial charge in [-0.05, 0) is 12.8 Å². The summed E-state index contributed by atoms with van der Waals surface area (Å²) in [6.45, 7) is 1.41. The summed E-state index contributed by atoms with van der Waals surface area (Å²) in [5.74, 6) is 0. The predicted octanol–water partition coefficient (Wildman–Crippen LogP) is 3.27. The van der Waals surface area contributed by atoms with Gasteiger partial charge in [0.05, 0.1) is 11.3 Å². The van der Waals surface area contributed by atoms with E-state index in [4.69, 9.17) is 4.98 Å². The van der Waals surface area contributed by atoms with Crippen molar-refractivity contribution in [3.05, 3.63) is 35.2 Å². The summed E-state index contributed by atoms with van der Waals surface area (Å²) in [4.78, 5) is 8.06. The van der Waals surface area contributed by atoms with E-state index >= 15 is 0 Å². The van der Waals surface area contributed by atoms with Crippen LogP contribution in [0.3, 0.4) is 0 Å². The third-order valence-corrected chi connectivity index (χ3v) is 5.61. The van der Waals surface area contributed by atoms with Crippen molar-refractivity contribution in [2.75, 3.05) is 25.5 Å². The smallest absolute Gasteiger partial charge is 0.185 e. The van der Waals surface area contributed by atoms with Crippen molar-refractivity contribution in [2.45, 2.75) is 37.8 Å². The largest absolute Gasteiger partial charge is 0.389 e. The van der Waals surface area contributed by atoms with Gasteiger partial charge in [-0.2, -0.15) is 0 Å². The van der Waals surface area contributed by atoms with Gasteiger partial charge in [-0.3, -0.25) is 0 Å². The molecular weight excluding hydrogens is 306 g/mol. The lowest BCUT2D eigenvalue weighted by Gasteiger charge is -2.22. The first-order chi connectivity index (χ1) is 11.1. The van der Waals surface area contributed by atoms with Gasteiger partial charge >= 0.3 is 0 Å². The van der Waals surface area contributed by atoms with Gasteiger partial charge in [0.2, 0.25) is 0 Å². The second-order valence-electron chi connectivity index (χ2n) is 6.56. The maximum Gasteiger partial charge on any atom is 0.185 e. The fraction of sp³-hybridized carbons (Fsp3) is 0.500. The maximum atomic E-state index is 10.5. The van der Waals surface area contributed by atoms with E-state index < -0.39 is 5.60 Å². The normalized spacial score (nSPS) is 16.7. The lowest BCUT2D eigenvalue weighted by molar-refractivity contribution is 0.0475. The van der Waals surface area contributed by atoms with Crippen molar-refractivity contribution in [3.8, 4) is 11.3 Å². The Morgan fingerprint density at radius 3 is 2.57 bits per heavy atom. The van der Waals surface area contributed by atoms with E-state index in [9.17, 15) is 5.11 Å². The molecule has 3 rings (SSSR count). The number of nitrogens with one attached hydrogen (secondary N) is 1. The van der Waals surface area contributed by atoms with E-state index in [0.717, 1.165) is 48.6 Å². The van der Waals surface area contributed by atoms with Crippen LogP contribution in [0.4, 0.5) is 5.13 Å². The number of aromatic nitrogens is 1. The zero-order valence-electron chi connectivity index (χ0n) is 13.9. The van der Waals surface area contributed by atoms with Crippen LogP contribution in [-0.4, -0.2) is 36.3 Å². The van der Waals surface area contributed by atoms with Gasteiger partial charge in [0.15, 0.2) is 5.13 Å². The molecule has 124 valence electrons. The average Bonchev–Trinajstić information content (AvgIpc) is 3.15. The number of nitrogens with zero attached hydrogens (tertiary/aromatic N) is 2. The molecule has 1 aromatic carbocycles. The number of rotatable bonds is 6. The molecule has 23 heavy (non-hydrogen) atoms. The SMILES string of the molecule is CN(C)c1nc(-c2ccccc2)c(CNCC2(O)CCCC2)s1. The van der Waals surface area contributed by atoms with Gasteiger partial charge < -0.3 is 15.3 Å². The topological polar surface area (TPSA) is 48.4 Å². The van der Waals surface area contributed by atoms with Gasteiger partial charge in [-0.25, -0.2) is 4.98 Å². The highest BCUT2D eigenvalue weighted by Crippen LogP contribution is 2.33. The third kappa shape index (κ3) is 3.91. The van der Waals surface area contributed by atoms with Gasteiger partial charge in [-0.15, -0.1) is 0 Å². The Hall–Kier alpha value is -1.43. The Balaban J connectivity index is 1.75. The highest BCUT2D eigenvalue weighted by atomic mass is 32.1. The van der Waals surface area contributed by atoms with Crippen LogP contribution < -0.4 is 10.2 Å². The molecule has 1 heterocycles. The first-order valence-corrected chi connectivity index (χ1v) is 9.05. The lowest BCUT2D eigenvalue weighted by Crippen LogP contribution is -2.37. The number of thiazole rings is 1. The van der Waals surface area contributed by atoms with Crippen LogP contribution in [0.25, 0.3) is 11.3 Å². The Morgan fingerprint density at radius 1 is 1.22 bits per heavy atom. The van der Waals surface area contributed by atoms with Gasteiger partial charge in [0.25, 0.3) is 0 Å². The predicted molar refractivity (Wildman–Crippen MR) is 97.0 cm³/mol. The summed E-state index contributed by atoms with van der Waals surface area (Å²) >= 11 is 1.71. The van der Waals surface area contributed by atoms with E-state index in [1.54, 1.807) is 11.3 Å². The van der Waals surface area contributed by atoms with E-state index in [0.29, 0.717) is 6.54 Å². The summed E-state index contributed by atoms with van der Waals surface area (Å²) in [6.07, 6.45) is 4.10. The molecule has 0 saturated heterocycles. The number of hydrogen-bond acceptors (Lipinski definition) is 5. The van der Waals surface area contributed by atoms with Gasteiger partial charge in [0, 0.05) is 37.6 Å². The first-order valence-electron chi connectivity index (χ1n) is 8.23. The molecule has 0 atom stereocenters. The second-order valence-corrected chi connectivity index (χ2v) is 7.63. The molecule has 1 fully saturated rings. The highest BCUT2D eigenvalue weighted by molar-refractivity contribution is 7.16. The second kappa shape index (κ2) is 6.99. The molecule has 1 saturated carbocycles. The Bertz CT molecular complexity index is 633. The zero-order chi connectivity index (χ0) is 16.3. The summed E-state index contributed by atoms with van der Waals surface area (Å²) in [7, 11) is 4.04. The number of aliphatic hydroxyl groups is 1. The van der Waals surface area contributed by atoms with E-state index in [1.165, 1.54) is 4.88 Å². The zero-order valence-corrected chi connectivity index (χ0v) is 14.7. The van der Waals surface area contributed by atoms with Crippen molar-refractivity contribution < 1.29 is 5.11 Å². The molecule has 4 nitrogen and oxygen atoms in total. The van der Waals surface area contributed by atoms with Crippen molar-refractivity contribution in [1.82, 2.24) is 10.3 Å². The van der Waals surface area contributed by atoms with Crippen LogP contribution in [0.2, 0.25) is 0 Å². The molecule has 0 aliphatic heterocycles. The quantitative estimate of drug-likeness (QED) is 0.853. The molecule has 0 radical (unpaired) electrons. The Kier molecular flexibility index (Phi) is 4.99. The molecular formula is C18H25N3OS. The van der Waals surface area contributed by atoms with Gasteiger partial charge in [0.1, 0.15) is 0 Å². The fourth-order valence-corrected chi connectivity index (χ4v) is 4.06. The summed E-state index contributed by atoms with van der Waals surface area (Å²) in [5, 5.41) is 14.9. The molecule has 2 N–H and O–H groups in total. The van der Waals surface area contributed by atoms with Crippen LogP contribution in [0.1, 0.15) is 30.6 Å². The minimum absolute atomic E-state index is 0.512. The van der Waals surface area contributed by atoms with Crippen LogP contribution in [-0.2, 0) is 6.54 Å². The highest BCUT2D eigenvalue weighted by Gasteiger charge is 2.30. The minimum Gasteiger partial charge on any atom is -0.389 e. The maximum absolute atomic E-state index is 10.5. The summed E-state index contributed by atoms with van der Waals surface area (Å²) in [5.41, 5.74) is 1.68. The summed E-state index contributed by atoms with van der Waals surface area (Å²) < 4.78 is 0. The monoisotopic (exact) mass is 331 g/mol. The van der Waals surface area contributed by atoms with E-state index in [-0.39, 0.29) is 0 Å². The van der Waals surface area contributed by atoms with Gasteiger partial charge in [-0.1, -0.05) is 54.5 Å². The van der Waals surface area contributed by atoms with Crippen LogP contribution in [0, 0.1) is 0 Å². The summed E-state index contributed by atoms with van der Waals surface area (Å²) in [6, 6.07) is 10.3. The Labute approximate surface area is 142 Å². The van der Waals surface area contributed by atoms with E-state index in [2.05, 4.69) is 17.4 Å². The molecule has 2 aromatic rings. The first kappa shape index (κ1) is 16.4. The molecule has 5 heteroatoms. The Morgan fingerprint density at radius 2 is 1.91 bits per heavy atom. The van der Waals surface area contributed by atoms with Crippen LogP contribution >= 0.6 is 11.3 Å². The molecule has 0 spiro atoms. The van der Waals surface area contributed by atoms with Crippen LogP contribution in [0.15, 0.2) is 30.3 Å². The number of hydrogen-bond donors (Lipinski definition) is 2. The standard InChI is InChI=1S/C18H25N3OS/c1-21(2)17-20-16(14-8-4-3-5-9-14)15(23-17)12-19-13-18(22)10-6-7-11-18/h3-5,8-9,19,22H,6-7,10-13H2,1-2H3. The number of anilines is 1. The molecule has 1 aromatic heterocycles. The van der Waals surface area contributed by atoms with Crippen molar-refractivity contribution >= 4 is 16.5 Å². The van der Waals surface area contributed by atoms with Crippen molar-refractivity contribution in [3.63, 3.8) is 0 Å². The molecule has 0 unspecified atom stereocenters. The van der Waals surface area contributed by atoms with Crippen molar-refractivity contribution in [2.24, 2.45) is 0 Å². The molecule has 0 amide bonds. The molecule has 1 aliphatic rings. The number of benzene rings is 1. The van der Waals surface area contributed by atoms with E-state index in [1.807, 2.05) is 37.2 Å². The molecule has 0 bridgehead atoms.